The standard InChI is InChI=1S/C9H15N3/c10-9(4-7-2-1-3-7)8-5-11-12-6-8/h5-7,9H,1-4,10H2,(H,11,12). The minimum atomic E-state index is 0.189. The summed E-state index contributed by atoms with van der Waals surface area (Å²) in [4.78, 5) is 0. The average Bonchev–Trinajstić information content (AvgIpc) is 2.47. The molecule has 1 aromatic heterocycles. The van der Waals surface area contributed by atoms with Crippen LogP contribution in [0.5, 0.6) is 0 Å². The fraction of sp³-hybridized carbons (Fsp3) is 0.667. The lowest BCUT2D eigenvalue weighted by atomic mass is 9.80. The zero-order chi connectivity index (χ0) is 8.39. The summed E-state index contributed by atoms with van der Waals surface area (Å²) in [5.41, 5.74) is 7.13. The van der Waals surface area contributed by atoms with Crippen LogP contribution in [0.3, 0.4) is 0 Å². The number of aromatic amines is 1. The van der Waals surface area contributed by atoms with Gasteiger partial charge in [-0.05, 0) is 12.3 Å². The number of nitrogens with one attached hydrogen (secondary N) is 1. The van der Waals surface area contributed by atoms with Crippen molar-refractivity contribution < 1.29 is 0 Å². The molecule has 3 nitrogen and oxygen atoms in total. The third kappa shape index (κ3) is 1.50. The molecule has 3 N–H and O–H groups in total. The molecule has 0 bridgehead atoms. The first-order valence-corrected chi connectivity index (χ1v) is 4.60. The molecule has 0 aromatic carbocycles. The number of rotatable bonds is 3. The Morgan fingerprint density at radius 2 is 2.50 bits per heavy atom. The molecule has 1 aliphatic rings. The van der Waals surface area contributed by atoms with E-state index in [9.17, 15) is 0 Å². The molecule has 1 aromatic rings. The number of hydrogen-bond acceptors (Lipinski definition) is 2. The van der Waals surface area contributed by atoms with Gasteiger partial charge < -0.3 is 5.73 Å². The smallest absolute Gasteiger partial charge is 0.0535 e. The van der Waals surface area contributed by atoms with Gasteiger partial charge >= 0.3 is 0 Å². The zero-order valence-corrected chi connectivity index (χ0v) is 7.16. The summed E-state index contributed by atoms with van der Waals surface area (Å²) < 4.78 is 0. The summed E-state index contributed by atoms with van der Waals surface area (Å²) in [6.45, 7) is 0. The molecule has 0 saturated heterocycles. The van der Waals surface area contributed by atoms with Gasteiger partial charge in [0.05, 0.1) is 6.20 Å². The van der Waals surface area contributed by atoms with Crippen molar-refractivity contribution in [2.24, 2.45) is 11.7 Å². The van der Waals surface area contributed by atoms with E-state index in [2.05, 4.69) is 10.2 Å². The van der Waals surface area contributed by atoms with Crippen molar-refractivity contribution in [1.29, 1.82) is 0 Å². The maximum atomic E-state index is 5.99. The highest BCUT2D eigenvalue weighted by Crippen LogP contribution is 2.33. The van der Waals surface area contributed by atoms with Crippen LogP contribution in [0.25, 0.3) is 0 Å². The minimum Gasteiger partial charge on any atom is -0.324 e. The number of nitrogens with two attached hydrogens (primary N) is 1. The summed E-state index contributed by atoms with van der Waals surface area (Å²) in [6, 6.07) is 0.189. The van der Waals surface area contributed by atoms with Crippen LogP contribution in [0, 0.1) is 5.92 Å². The highest BCUT2D eigenvalue weighted by molar-refractivity contribution is 5.08. The molecule has 1 unspecified atom stereocenters. The lowest BCUT2D eigenvalue weighted by Crippen LogP contribution is -2.19. The van der Waals surface area contributed by atoms with Crippen LogP contribution >= 0.6 is 0 Å². The predicted octanol–water partition coefficient (Wildman–Crippen LogP) is 1.60. The first-order chi connectivity index (χ1) is 5.86. The van der Waals surface area contributed by atoms with Gasteiger partial charge in [-0.25, -0.2) is 0 Å². The fourth-order valence-electron chi connectivity index (χ4n) is 1.69. The Morgan fingerprint density at radius 3 is 3.00 bits per heavy atom. The van der Waals surface area contributed by atoms with E-state index in [1.807, 2.05) is 12.4 Å². The number of nitrogens with zero attached hydrogens (tertiary/aromatic N) is 1. The largest absolute Gasteiger partial charge is 0.324 e. The van der Waals surface area contributed by atoms with Crippen molar-refractivity contribution in [3.63, 3.8) is 0 Å². The molecule has 0 aliphatic heterocycles. The average molecular weight is 165 g/mol. The topological polar surface area (TPSA) is 54.7 Å². The monoisotopic (exact) mass is 165 g/mol. The van der Waals surface area contributed by atoms with E-state index < -0.39 is 0 Å². The Kier molecular flexibility index (Phi) is 2.13. The first-order valence-electron chi connectivity index (χ1n) is 4.60. The van der Waals surface area contributed by atoms with E-state index in [1.54, 1.807) is 0 Å². The van der Waals surface area contributed by atoms with Crippen LogP contribution in [0.15, 0.2) is 12.4 Å². The fourth-order valence-corrected chi connectivity index (χ4v) is 1.69. The molecule has 1 atom stereocenters. The normalized spacial score (nSPS) is 20.4. The van der Waals surface area contributed by atoms with Crippen molar-refractivity contribution in [2.75, 3.05) is 0 Å². The highest BCUT2D eigenvalue weighted by atomic mass is 15.1. The Bertz CT molecular complexity index is 226. The van der Waals surface area contributed by atoms with Crippen LogP contribution in [-0.4, -0.2) is 10.2 Å². The Morgan fingerprint density at radius 1 is 1.67 bits per heavy atom. The molecule has 0 spiro atoms. The van der Waals surface area contributed by atoms with Gasteiger partial charge in [-0.15, -0.1) is 0 Å². The molecule has 2 rings (SSSR count). The maximum absolute atomic E-state index is 5.99. The molecule has 1 heterocycles. The summed E-state index contributed by atoms with van der Waals surface area (Å²) in [6.07, 6.45) is 8.96. The molecule has 3 heteroatoms. The van der Waals surface area contributed by atoms with Gasteiger partial charge in [-0.1, -0.05) is 19.3 Å². The van der Waals surface area contributed by atoms with Crippen LogP contribution in [-0.2, 0) is 0 Å². The SMILES string of the molecule is NC(CC1CCC1)c1cn[nH]c1. The zero-order valence-electron chi connectivity index (χ0n) is 7.16. The first kappa shape index (κ1) is 7.80. The minimum absolute atomic E-state index is 0.189. The Labute approximate surface area is 72.4 Å². The third-order valence-electron chi connectivity index (χ3n) is 2.76. The van der Waals surface area contributed by atoms with Gasteiger partial charge in [-0.3, -0.25) is 5.10 Å². The van der Waals surface area contributed by atoms with Crippen LogP contribution < -0.4 is 5.73 Å². The molecular formula is C9H15N3. The van der Waals surface area contributed by atoms with Crippen molar-refractivity contribution >= 4 is 0 Å². The predicted molar refractivity (Wildman–Crippen MR) is 47.5 cm³/mol. The third-order valence-corrected chi connectivity index (χ3v) is 2.76. The van der Waals surface area contributed by atoms with Gasteiger partial charge in [-0.2, -0.15) is 5.10 Å². The number of H-pyrrole nitrogens is 1. The lowest BCUT2D eigenvalue weighted by Gasteiger charge is -2.27. The van der Waals surface area contributed by atoms with Gasteiger partial charge in [0.1, 0.15) is 0 Å². The van der Waals surface area contributed by atoms with Gasteiger partial charge in [0.25, 0.3) is 0 Å². The maximum Gasteiger partial charge on any atom is 0.0535 e. The van der Waals surface area contributed by atoms with Crippen LogP contribution in [0.4, 0.5) is 0 Å². The molecule has 12 heavy (non-hydrogen) atoms. The summed E-state index contributed by atoms with van der Waals surface area (Å²) in [7, 11) is 0. The Balaban J connectivity index is 1.87. The Hall–Kier alpha value is -0.830. The van der Waals surface area contributed by atoms with Crippen molar-refractivity contribution in [3.05, 3.63) is 18.0 Å². The second-order valence-electron chi connectivity index (χ2n) is 3.67. The molecule has 1 saturated carbocycles. The van der Waals surface area contributed by atoms with E-state index in [1.165, 1.54) is 19.3 Å². The van der Waals surface area contributed by atoms with E-state index in [4.69, 9.17) is 5.73 Å². The van der Waals surface area contributed by atoms with Gasteiger partial charge in [0.15, 0.2) is 0 Å². The summed E-state index contributed by atoms with van der Waals surface area (Å²) in [5.74, 6) is 0.870. The summed E-state index contributed by atoms with van der Waals surface area (Å²) >= 11 is 0. The molecule has 0 amide bonds. The number of hydrogen-bond donors (Lipinski definition) is 2. The lowest BCUT2D eigenvalue weighted by molar-refractivity contribution is 0.277. The number of aromatic nitrogens is 2. The van der Waals surface area contributed by atoms with Crippen LogP contribution in [0.2, 0.25) is 0 Å². The highest BCUT2D eigenvalue weighted by Gasteiger charge is 2.21. The molecule has 1 aliphatic carbocycles. The molecule has 0 radical (unpaired) electrons. The van der Waals surface area contributed by atoms with Crippen molar-refractivity contribution in [3.8, 4) is 0 Å². The second kappa shape index (κ2) is 3.27. The van der Waals surface area contributed by atoms with E-state index in [0.717, 1.165) is 17.9 Å². The second-order valence-corrected chi connectivity index (χ2v) is 3.67. The van der Waals surface area contributed by atoms with E-state index in [0.29, 0.717) is 0 Å². The van der Waals surface area contributed by atoms with Gasteiger partial charge in [0, 0.05) is 17.8 Å². The van der Waals surface area contributed by atoms with Crippen molar-refractivity contribution in [2.45, 2.75) is 31.7 Å². The summed E-state index contributed by atoms with van der Waals surface area (Å²) in [5, 5.41) is 6.68. The van der Waals surface area contributed by atoms with E-state index >= 15 is 0 Å². The van der Waals surface area contributed by atoms with Gasteiger partial charge in [0.2, 0.25) is 0 Å². The van der Waals surface area contributed by atoms with Crippen molar-refractivity contribution in [1.82, 2.24) is 10.2 Å². The molecule has 1 fully saturated rings. The quantitative estimate of drug-likeness (QED) is 0.714. The van der Waals surface area contributed by atoms with E-state index in [-0.39, 0.29) is 6.04 Å². The van der Waals surface area contributed by atoms with Crippen LogP contribution in [0.1, 0.15) is 37.3 Å². The molecule has 66 valence electrons. The molecular weight excluding hydrogens is 150 g/mol.